The van der Waals surface area contributed by atoms with Crippen LogP contribution >= 0.6 is 0 Å². The third-order valence-corrected chi connectivity index (χ3v) is 8.03. The largest absolute Gasteiger partial charge is 0.491 e. The molecule has 0 fully saturated rings. The zero-order chi connectivity index (χ0) is 34.5. The summed E-state index contributed by atoms with van der Waals surface area (Å²) in [7, 11) is 0. The molecule has 0 saturated heterocycles. The second-order valence-corrected chi connectivity index (χ2v) is 13.1. The van der Waals surface area contributed by atoms with Crippen LogP contribution in [0, 0.1) is 17.8 Å². The van der Waals surface area contributed by atoms with Crippen LogP contribution in [0.25, 0.3) is 0 Å². The van der Waals surface area contributed by atoms with Crippen LogP contribution in [0.5, 0.6) is 5.75 Å². The maximum Gasteiger partial charge on any atom is 0.255 e. The zero-order valence-electron chi connectivity index (χ0n) is 28.3. The summed E-state index contributed by atoms with van der Waals surface area (Å²) in [5.74, 6) is -2.20. The van der Waals surface area contributed by atoms with Gasteiger partial charge in [0.05, 0.1) is 11.6 Å². The van der Waals surface area contributed by atoms with Crippen molar-refractivity contribution in [1.29, 1.82) is 0 Å². The van der Waals surface area contributed by atoms with E-state index in [-0.39, 0.29) is 54.4 Å². The van der Waals surface area contributed by atoms with E-state index in [1.165, 1.54) is 0 Å². The van der Waals surface area contributed by atoms with Crippen molar-refractivity contribution in [1.82, 2.24) is 31.6 Å². The Balaban J connectivity index is 1.92. The number of ether oxygens (including phenoxy) is 1. The van der Waals surface area contributed by atoms with Gasteiger partial charge >= 0.3 is 0 Å². The van der Waals surface area contributed by atoms with Gasteiger partial charge in [-0.05, 0) is 66.8 Å². The normalized spacial score (nSPS) is 21.8. The minimum atomic E-state index is -1.04. The van der Waals surface area contributed by atoms with Crippen molar-refractivity contribution in [3.8, 4) is 5.75 Å². The van der Waals surface area contributed by atoms with E-state index in [0.29, 0.717) is 19.4 Å². The number of benzene rings is 1. The van der Waals surface area contributed by atoms with Gasteiger partial charge in [0.2, 0.25) is 23.6 Å². The van der Waals surface area contributed by atoms with E-state index in [9.17, 15) is 24.0 Å². The molecule has 0 aliphatic carbocycles. The van der Waals surface area contributed by atoms with Gasteiger partial charge in [-0.3, -0.25) is 29.0 Å². The number of pyridine rings is 1. The van der Waals surface area contributed by atoms with Crippen LogP contribution < -0.4 is 31.3 Å². The summed E-state index contributed by atoms with van der Waals surface area (Å²) in [6.45, 7) is 11.8. The molecule has 47 heavy (non-hydrogen) atoms. The second-order valence-electron chi connectivity index (χ2n) is 13.1. The standard InChI is InChI=1S/C35H50N6O6/c1-21(2)19-27-34(45)41-31(23(5)6)35(46)40-28(22(3)4)20-47-29-10-8-7-9-25(29)32(43)39-26(11-12-30(42)38-27)33(44)37-18-15-24-13-16-36-17-14-24/h7-10,13-14,16-17,21-23,26-28,31H,11-12,15,18-20H2,1-6H3,(H,37,44)(H,38,42)(H,39,43)(H,40,46)(H,41,45)/t26-,27+,28-,31-/m0/s1. The van der Waals surface area contributed by atoms with Crippen LogP contribution in [0.4, 0.5) is 0 Å². The molecule has 1 aliphatic rings. The van der Waals surface area contributed by atoms with Gasteiger partial charge in [-0.25, -0.2) is 0 Å². The third-order valence-electron chi connectivity index (χ3n) is 8.03. The second kappa shape index (κ2) is 18.0. The van der Waals surface area contributed by atoms with E-state index in [1.54, 1.807) is 36.7 Å². The summed E-state index contributed by atoms with van der Waals surface area (Å²) in [6.07, 6.45) is 4.11. The average Bonchev–Trinajstić information content (AvgIpc) is 3.02. The predicted octanol–water partition coefficient (Wildman–Crippen LogP) is 2.52. The van der Waals surface area contributed by atoms with Gasteiger partial charge in [0, 0.05) is 25.4 Å². The van der Waals surface area contributed by atoms with Gasteiger partial charge in [0.25, 0.3) is 5.91 Å². The number of carbonyl (C=O) groups excluding carboxylic acids is 5. The third kappa shape index (κ3) is 11.7. The molecule has 1 aromatic carbocycles. The molecule has 2 aromatic rings. The molecule has 5 N–H and O–H groups in total. The van der Waals surface area contributed by atoms with E-state index in [4.69, 9.17) is 4.74 Å². The van der Waals surface area contributed by atoms with E-state index in [0.717, 1.165) is 5.56 Å². The number of nitrogens with zero attached hydrogens (tertiary/aromatic N) is 1. The van der Waals surface area contributed by atoms with Gasteiger partial charge in [0.15, 0.2) is 0 Å². The molecule has 5 amide bonds. The molecule has 3 rings (SSSR count). The SMILES string of the molecule is CC(C)C[C@H]1NC(=O)CC[C@@H](C(=O)NCCc2ccncc2)NC(=O)c2ccccc2OC[C@@H](C(C)C)NC(=O)[C@H](C(C)C)NC1=O. The average molecular weight is 651 g/mol. The molecule has 0 spiro atoms. The topological polar surface area (TPSA) is 168 Å². The first-order valence-corrected chi connectivity index (χ1v) is 16.4. The first-order valence-electron chi connectivity index (χ1n) is 16.4. The number of hydrogen-bond acceptors (Lipinski definition) is 7. The van der Waals surface area contributed by atoms with Crippen molar-refractivity contribution in [3.05, 3.63) is 59.9 Å². The van der Waals surface area contributed by atoms with Crippen molar-refractivity contribution in [2.45, 2.75) is 91.4 Å². The number of fused-ring (bicyclic) bond motifs is 1. The van der Waals surface area contributed by atoms with E-state index in [1.807, 2.05) is 53.7 Å². The number of amides is 5. The van der Waals surface area contributed by atoms with Crippen LogP contribution in [0.2, 0.25) is 0 Å². The number of hydrogen-bond donors (Lipinski definition) is 5. The van der Waals surface area contributed by atoms with Crippen LogP contribution in [-0.2, 0) is 25.6 Å². The molecule has 0 bridgehead atoms. The Labute approximate surface area is 277 Å². The maximum absolute atomic E-state index is 13.6. The molecule has 12 nitrogen and oxygen atoms in total. The highest BCUT2D eigenvalue weighted by molar-refractivity contribution is 6.00. The zero-order valence-corrected chi connectivity index (χ0v) is 28.3. The van der Waals surface area contributed by atoms with Crippen molar-refractivity contribution >= 4 is 29.5 Å². The summed E-state index contributed by atoms with van der Waals surface area (Å²) in [5, 5.41) is 14.3. The summed E-state index contributed by atoms with van der Waals surface area (Å²) < 4.78 is 6.10. The highest BCUT2D eigenvalue weighted by Crippen LogP contribution is 2.20. The Bertz CT molecular complexity index is 1370. The van der Waals surface area contributed by atoms with Crippen LogP contribution in [0.1, 0.15) is 76.7 Å². The molecule has 256 valence electrons. The molecule has 1 aliphatic heterocycles. The summed E-state index contributed by atoms with van der Waals surface area (Å²) in [5.41, 5.74) is 1.20. The van der Waals surface area contributed by atoms with Crippen molar-refractivity contribution in [2.24, 2.45) is 17.8 Å². The first-order chi connectivity index (χ1) is 22.3. The van der Waals surface area contributed by atoms with E-state index < -0.39 is 47.8 Å². The highest BCUT2D eigenvalue weighted by atomic mass is 16.5. The predicted molar refractivity (Wildman–Crippen MR) is 178 cm³/mol. The van der Waals surface area contributed by atoms with Crippen LogP contribution in [-0.4, -0.2) is 71.8 Å². The fourth-order valence-electron chi connectivity index (χ4n) is 5.17. The summed E-state index contributed by atoms with van der Waals surface area (Å²) in [6, 6.07) is 7.14. The Morgan fingerprint density at radius 2 is 1.60 bits per heavy atom. The minimum absolute atomic E-state index is 0.00977. The lowest BCUT2D eigenvalue weighted by Crippen LogP contribution is -2.58. The maximum atomic E-state index is 13.6. The Morgan fingerprint density at radius 3 is 2.26 bits per heavy atom. The molecule has 12 heteroatoms. The van der Waals surface area contributed by atoms with Crippen molar-refractivity contribution in [3.63, 3.8) is 0 Å². The van der Waals surface area contributed by atoms with Gasteiger partial charge in [-0.15, -0.1) is 0 Å². The molecule has 2 heterocycles. The summed E-state index contributed by atoms with van der Waals surface area (Å²) in [4.78, 5) is 71.2. The number of para-hydroxylation sites is 1. The highest BCUT2D eigenvalue weighted by Gasteiger charge is 2.32. The van der Waals surface area contributed by atoms with Gasteiger partial charge in [0.1, 0.15) is 30.5 Å². The van der Waals surface area contributed by atoms with Crippen LogP contribution in [0.15, 0.2) is 48.8 Å². The number of rotatable bonds is 8. The van der Waals surface area contributed by atoms with Crippen molar-refractivity contribution < 1.29 is 28.7 Å². The Hall–Kier alpha value is -4.48. The molecule has 4 atom stereocenters. The number of carbonyl (C=O) groups is 5. The lowest BCUT2D eigenvalue weighted by atomic mass is 9.98. The monoisotopic (exact) mass is 650 g/mol. The number of nitrogens with one attached hydrogen (secondary N) is 5. The van der Waals surface area contributed by atoms with Gasteiger partial charge in [-0.1, -0.05) is 53.7 Å². The van der Waals surface area contributed by atoms with E-state index >= 15 is 0 Å². The first kappa shape index (κ1) is 37.0. The Kier molecular flexibility index (Phi) is 14.2. The lowest BCUT2D eigenvalue weighted by Gasteiger charge is -2.29. The van der Waals surface area contributed by atoms with Crippen LogP contribution in [0.3, 0.4) is 0 Å². The molecule has 0 saturated carbocycles. The molecule has 1 aromatic heterocycles. The fraction of sp³-hybridized carbons (Fsp3) is 0.543. The lowest BCUT2D eigenvalue weighted by molar-refractivity contribution is -0.133. The van der Waals surface area contributed by atoms with E-state index in [2.05, 4.69) is 31.6 Å². The molecular formula is C35H50N6O6. The smallest absolute Gasteiger partial charge is 0.255 e. The molecule has 0 unspecified atom stereocenters. The van der Waals surface area contributed by atoms with Crippen molar-refractivity contribution in [2.75, 3.05) is 13.2 Å². The molecule has 0 radical (unpaired) electrons. The van der Waals surface area contributed by atoms with Gasteiger partial charge in [-0.2, -0.15) is 0 Å². The minimum Gasteiger partial charge on any atom is -0.491 e. The summed E-state index contributed by atoms with van der Waals surface area (Å²) >= 11 is 0. The fourth-order valence-corrected chi connectivity index (χ4v) is 5.17. The Morgan fingerprint density at radius 1 is 0.894 bits per heavy atom. The quantitative estimate of drug-likeness (QED) is 0.293. The number of aromatic nitrogens is 1. The van der Waals surface area contributed by atoms with Gasteiger partial charge < -0.3 is 31.3 Å². The molecular weight excluding hydrogens is 600 g/mol.